The van der Waals surface area contributed by atoms with E-state index in [0.717, 1.165) is 100 Å². The Labute approximate surface area is 451 Å². The monoisotopic (exact) mass is 1060 g/mol. The van der Waals surface area contributed by atoms with Gasteiger partial charge in [-0.05, 0) is 145 Å². The third-order valence-corrected chi connectivity index (χ3v) is 16.6. The van der Waals surface area contributed by atoms with Crippen LogP contribution in [0.2, 0.25) is 0 Å². The molecule has 406 valence electrons. The lowest BCUT2D eigenvalue weighted by atomic mass is 9.96. The van der Waals surface area contributed by atoms with Gasteiger partial charge in [-0.2, -0.15) is 0 Å². The van der Waals surface area contributed by atoms with Gasteiger partial charge in [-0.15, -0.1) is 9.24 Å². The highest BCUT2D eigenvalue weighted by Gasteiger charge is 2.46. The van der Waals surface area contributed by atoms with Crippen molar-refractivity contribution in [2.24, 2.45) is 0 Å². The van der Waals surface area contributed by atoms with Gasteiger partial charge in [0.1, 0.15) is 24.2 Å². The molecular formula is C57H81N10O6PS. The maximum absolute atomic E-state index is 14.3. The van der Waals surface area contributed by atoms with E-state index in [9.17, 15) is 28.8 Å². The smallest absolute Gasteiger partial charge is 0.246 e. The number of hydrogen-bond donors (Lipinski definition) is 8. The van der Waals surface area contributed by atoms with E-state index in [1.807, 2.05) is 42.5 Å². The number of aryl methyl sites for hydroxylation is 2. The van der Waals surface area contributed by atoms with Crippen molar-refractivity contribution in [3.63, 3.8) is 0 Å². The first-order chi connectivity index (χ1) is 36.3. The third-order valence-electron chi connectivity index (χ3n) is 15.8. The summed E-state index contributed by atoms with van der Waals surface area (Å²) in [5, 5.41) is 25.5. The molecule has 3 aromatic carbocycles. The number of benzene rings is 3. The summed E-state index contributed by atoms with van der Waals surface area (Å²) in [5.74, 6) is -1.45. The lowest BCUT2D eigenvalue weighted by Gasteiger charge is -2.36. The Hall–Kier alpha value is -5.48. The second kappa shape index (κ2) is 28.1. The standard InChI is InChI=1S/C57H81N10O6PS/c1-36(58-3)50(68)62-45-20-10-8-18-43-30-32-47(66(43)55(45)72)52(70)64-49(40-16-6-5-7-17-40)41-26-22-38(23-27-41)14-12-34-60-57(75)61-35-13-15-39-24-28-42(29-25-39)54(74)65-53(71)48-33-31-44-19-9-11-21-46(56(73)67(44)48)63-51(69)37(2)59-4/h5-7,16-17,22-29,36-37,43-49,54,58-59H,8-15,18-21,30-35,74H2,1-4H3,(H,62,68)(H,63,69)(H,64,70)(H,65,71)(H2,60,61,75)/t36-,37+,43-,44-,45-,46-,47-,48-,49-,54-/m0/s1. The van der Waals surface area contributed by atoms with Gasteiger partial charge < -0.3 is 52.3 Å². The molecule has 0 aliphatic carbocycles. The van der Waals surface area contributed by atoms with Crippen LogP contribution in [0.15, 0.2) is 78.9 Å². The topological polar surface area (TPSA) is 205 Å². The van der Waals surface area contributed by atoms with Crippen LogP contribution in [0.5, 0.6) is 0 Å². The van der Waals surface area contributed by atoms with E-state index in [2.05, 4.69) is 88.2 Å². The van der Waals surface area contributed by atoms with Crippen molar-refractivity contribution in [2.45, 2.75) is 177 Å². The first kappa shape index (κ1) is 57.2. The van der Waals surface area contributed by atoms with E-state index in [1.54, 1.807) is 37.7 Å². The second-order valence-electron chi connectivity index (χ2n) is 20.9. The fourth-order valence-corrected chi connectivity index (χ4v) is 11.7. The molecule has 4 aliphatic rings. The molecule has 4 fully saturated rings. The molecule has 18 heteroatoms. The molecule has 7 rings (SSSR count). The molecule has 3 aromatic rings. The van der Waals surface area contributed by atoms with Crippen molar-refractivity contribution in [3.8, 4) is 0 Å². The number of rotatable bonds is 21. The van der Waals surface area contributed by atoms with E-state index >= 15 is 0 Å². The van der Waals surface area contributed by atoms with Crippen LogP contribution in [0.25, 0.3) is 0 Å². The summed E-state index contributed by atoms with van der Waals surface area (Å²) in [4.78, 5) is 84.9. The molecule has 16 nitrogen and oxygen atoms in total. The summed E-state index contributed by atoms with van der Waals surface area (Å²) in [6, 6.07) is 22.8. The SMILES string of the molecule is CN[C@@H](C)C(=O)N[C@H]1CCCC[C@H]2CC[C@@H](C(=O)N[C@@H](c3ccccc3)c3ccc(CCCNC(=S)NCCCc4ccc([C@H](P)NC(=O)[C@@H]5CC[C@@H]6CCCC[C@H](NC(=O)[C@@H](C)NC)C(=O)N65)cc4)cc3)N2C1=O. The molecule has 4 saturated heterocycles. The van der Waals surface area contributed by atoms with Gasteiger partial charge in [0.15, 0.2) is 5.11 Å². The minimum absolute atomic E-state index is 0.00129. The van der Waals surface area contributed by atoms with E-state index in [-0.39, 0.29) is 53.3 Å². The molecule has 1 unspecified atom stereocenters. The van der Waals surface area contributed by atoms with Gasteiger partial charge in [0.25, 0.3) is 0 Å². The number of carbonyl (C=O) groups excluding carboxylic acids is 6. The van der Waals surface area contributed by atoms with Gasteiger partial charge in [0, 0.05) is 25.2 Å². The van der Waals surface area contributed by atoms with Crippen molar-refractivity contribution < 1.29 is 28.8 Å². The lowest BCUT2D eigenvalue weighted by Crippen LogP contribution is -2.58. The Kier molecular flexibility index (Phi) is 21.4. The van der Waals surface area contributed by atoms with Crippen molar-refractivity contribution in [1.82, 2.24) is 52.3 Å². The summed E-state index contributed by atoms with van der Waals surface area (Å²) in [7, 11) is 6.15. The third kappa shape index (κ3) is 15.4. The first-order valence-electron chi connectivity index (χ1n) is 27.5. The number of thiocarbonyl (C=S) groups is 1. The molecule has 4 heterocycles. The Balaban J connectivity index is 0.824. The maximum Gasteiger partial charge on any atom is 0.246 e. The number of hydrogen-bond acceptors (Lipinski definition) is 9. The molecule has 0 radical (unpaired) electrons. The highest BCUT2D eigenvalue weighted by Crippen LogP contribution is 2.34. The Morgan fingerprint density at radius 3 is 1.47 bits per heavy atom. The largest absolute Gasteiger partial charge is 0.363 e. The minimum Gasteiger partial charge on any atom is -0.363 e. The van der Waals surface area contributed by atoms with Crippen LogP contribution < -0.4 is 42.5 Å². The molecule has 8 N–H and O–H groups in total. The van der Waals surface area contributed by atoms with Gasteiger partial charge in [0.2, 0.25) is 35.4 Å². The van der Waals surface area contributed by atoms with Gasteiger partial charge in [0.05, 0.1) is 23.9 Å². The number of amides is 6. The van der Waals surface area contributed by atoms with Gasteiger partial charge in [-0.3, -0.25) is 28.8 Å². The molecule has 0 aromatic heterocycles. The highest BCUT2D eigenvalue weighted by atomic mass is 32.1. The average Bonchev–Trinajstić information content (AvgIpc) is 4.05. The van der Waals surface area contributed by atoms with Crippen molar-refractivity contribution in [1.29, 1.82) is 0 Å². The van der Waals surface area contributed by atoms with E-state index < -0.39 is 42.3 Å². The Morgan fingerprint density at radius 2 is 1.00 bits per heavy atom. The summed E-state index contributed by atoms with van der Waals surface area (Å²) in [6.45, 7) is 4.96. The van der Waals surface area contributed by atoms with Gasteiger partial charge in [-0.25, -0.2) is 0 Å². The number of carbonyl (C=O) groups is 6. The number of fused-ring (bicyclic) bond motifs is 2. The van der Waals surface area contributed by atoms with Crippen LogP contribution in [0.1, 0.15) is 143 Å². The fraction of sp³-hybridized carbons (Fsp3) is 0.561. The van der Waals surface area contributed by atoms with Crippen molar-refractivity contribution >= 4 is 62.0 Å². The van der Waals surface area contributed by atoms with E-state index in [1.165, 1.54) is 11.1 Å². The van der Waals surface area contributed by atoms with Crippen LogP contribution in [0, 0.1) is 0 Å². The summed E-state index contributed by atoms with van der Waals surface area (Å²) < 4.78 is 0. The zero-order chi connectivity index (χ0) is 53.4. The molecular weight excluding hydrogens is 984 g/mol. The molecule has 4 aliphatic heterocycles. The van der Waals surface area contributed by atoms with Gasteiger partial charge in [-0.1, -0.05) is 105 Å². The normalized spacial score (nSPS) is 23.4. The highest BCUT2D eigenvalue weighted by molar-refractivity contribution is 7.80. The van der Waals surface area contributed by atoms with Crippen molar-refractivity contribution in [2.75, 3.05) is 27.2 Å². The number of nitrogens with zero attached hydrogens (tertiary/aromatic N) is 2. The average molecular weight is 1070 g/mol. The van der Waals surface area contributed by atoms with Crippen LogP contribution >= 0.6 is 21.5 Å². The number of nitrogens with one attached hydrogen (secondary N) is 8. The lowest BCUT2D eigenvalue weighted by molar-refractivity contribution is -0.144. The minimum atomic E-state index is -0.657. The quantitative estimate of drug-likeness (QED) is 0.0407. The molecule has 0 bridgehead atoms. The second-order valence-corrected chi connectivity index (χ2v) is 22.0. The predicted octanol–water partition coefficient (Wildman–Crippen LogP) is 4.96. The molecule has 0 saturated carbocycles. The zero-order valence-electron chi connectivity index (χ0n) is 44.3. The summed E-state index contributed by atoms with van der Waals surface area (Å²) >= 11 is 5.60. The number of likely N-dealkylation sites (N-methyl/N-ethyl adjacent to an activating group) is 2. The predicted molar refractivity (Wildman–Crippen MR) is 300 cm³/mol. The van der Waals surface area contributed by atoms with Crippen LogP contribution in [-0.2, 0) is 41.6 Å². The summed E-state index contributed by atoms with van der Waals surface area (Å²) in [5.41, 5.74) is 5.22. The van der Waals surface area contributed by atoms with Crippen molar-refractivity contribution in [3.05, 3.63) is 107 Å². The Bertz CT molecular complexity index is 2420. The molecule has 0 spiro atoms. The van der Waals surface area contributed by atoms with Crippen LogP contribution in [0.4, 0.5) is 0 Å². The van der Waals surface area contributed by atoms with E-state index in [0.29, 0.717) is 37.3 Å². The van der Waals surface area contributed by atoms with E-state index in [4.69, 9.17) is 12.2 Å². The van der Waals surface area contributed by atoms with Gasteiger partial charge >= 0.3 is 0 Å². The molecule has 6 amide bonds. The zero-order valence-corrected chi connectivity index (χ0v) is 46.3. The molecule has 75 heavy (non-hydrogen) atoms. The Morgan fingerprint density at radius 1 is 0.573 bits per heavy atom. The first-order valence-corrected chi connectivity index (χ1v) is 28.5. The van der Waals surface area contributed by atoms with Crippen LogP contribution in [-0.4, -0.2) is 126 Å². The van der Waals surface area contributed by atoms with Crippen LogP contribution in [0.3, 0.4) is 0 Å². The fourth-order valence-electron chi connectivity index (χ4n) is 11.1. The maximum atomic E-state index is 14.3. The molecule has 11 atom stereocenters. The summed E-state index contributed by atoms with van der Waals surface area (Å²) in [6.07, 6.45) is 12.6.